The fraction of sp³-hybridized carbons (Fsp3) is 0.316. The van der Waals surface area contributed by atoms with Crippen molar-refractivity contribution in [2.75, 3.05) is 5.32 Å². The first kappa shape index (κ1) is 19.4. The standard InChI is InChI=1S/C19H21BrFNO3/c1-10(2)18-13(12-5-7-15(21)14(20)8-12)6-4-11(3)19(18)22-16(23)9-17(24)25/h4-8,10,16,22-23H,9H2,1-3H3,(H,24,25). The molecule has 3 N–H and O–H groups in total. The number of nitrogens with one attached hydrogen (secondary N) is 1. The van der Waals surface area contributed by atoms with Crippen molar-refractivity contribution in [3.63, 3.8) is 0 Å². The number of aliphatic hydroxyl groups excluding tert-OH is 1. The summed E-state index contributed by atoms with van der Waals surface area (Å²) in [6, 6.07) is 8.67. The van der Waals surface area contributed by atoms with E-state index in [2.05, 4.69) is 21.2 Å². The van der Waals surface area contributed by atoms with Gasteiger partial charge in [0, 0.05) is 5.69 Å². The minimum atomic E-state index is -1.19. The van der Waals surface area contributed by atoms with E-state index in [4.69, 9.17) is 5.11 Å². The lowest BCUT2D eigenvalue weighted by Gasteiger charge is -2.23. The lowest BCUT2D eigenvalue weighted by Crippen LogP contribution is -2.24. The van der Waals surface area contributed by atoms with E-state index in [1.807, 2.05) is 32.9 Å². The molecule has 2 rings (SSSR count). The van der Waals surface area contributed by atoms with Gasteiger partial charge in [0.25, 0.3) is 0 Å². The second-order valence-corrected chi connectivity index (χ2v) is 7.11. The second kappa shape index (κ2) is 7.97. The van der Waals surface area contributed by atoms with Gasteiger partial charge in [0.15, 0.2) is 0 Å². The molecule has 0 bridgehead atoms. The van der Waals surface area contributed by atoms with Gasteiger partial charge in [0.2, 0.25) is 0 Å². The van der Waals surface area contributed by atoms with Crippen LogP contribution in [0.1, 0.15) is 37.3 Å². The highest BCUT2D eigenvalue weighted by molar-refractivity contribution is 9.10. The Morgan fingerprint density at radius 1 is 1.28 bits per heavy atom. The molecular weight excluding hydrogens is 389 g/mol. The van der Waals surface area contributed by atoms with Gasteiger partial charge in [-0.25, -0.2) is 4.39 Å². The summed E-state index contributed by atoms with van der Waals surface area (Å²) in [6.07, 6.45) is -1.59. The first-order valence-corrected chi connectivity index (χ1v) is 8.75. The van der Waals surface area contributed by atoms with E-state index in [0.717, 1.165) is 22.3 Å². The molecular formula is C19H21BrFNO3. The molecule has 0 radical (unpaired) electrons. The highest BCUT2D eigenvalue weighted by atomic mass is 79.9. The van der Waals surface area contributed by atoms with Crippen molar-refractivity contribution in [3.05, 3.63) is 51.7 Å². The Balaban J connectivity index is 2.56. The van der Waals surface area contributed by atoms with Crippen LogP contribution in [-0.4, -0.2) is 22.4 Å². The summed E-state index contributed by atoms with van der Waals surface area (Å²) in [5, 5.41) is 21.8. The summed E-state index contributed by atoms with van der Waals surface area (Å²) in [7, 11) is 0. The van der Waals surface area contributed by atoms with E-state index in [1.54, 1.807) is 12.1 Å². The van der Waals surface area contributed by atoms with Crippen LogP contribution >= 0.6 is 15.9 Å². The molecule has 1 unspecified atom stereocenters. The predicted molar refractivity (Wildman–Crippen MR) is 100 cm³/mol. The minimum Gasteiger partial charge on any atom is -0.481 e. The number of anilines is 1. The van der Waals surface area contributed by atoms with E-state index in [0.29, 0.717) is 10.2 Å². The molecule has 0 aliphatic heterocycles. The van der Waals surface area contributed by atoms with E-state index in [9.17, 15) is 14.3 Å². The zero-order valence-electron chi connectivity index (χ0n) is 14.3. The second-order valence-electron chi connectivity index (χ2n) is 6.26. The van der Waals surface area contributed by atoms with Gasteiger partial charge in [-0.1, -0.05) is 32.0 Å². The number of aliphatic carboxylic acids is 1. The smallest absolute Gasteiger partial charge is 0.307 e. The molecule has 0 fully saturated rings. The Labute approximate surface area is 154 Å². The normalized spacial score (nSPS) is 12.3. The molecule has 4 nitrogen and oxygen atoms in total. The molecule has 0 aromatic heterocycles. The van der Waals surface area contributed by atoms with E-state index >= 15 is 0 Å². The fourth-order valence-corrected chi connectivity index (χ4v) is 3.20. The number of aryl methyl sites for hydroxylation is 1. The molecule has 2 aromatic carbocycles. The molecule has 6 heteroatoms. The first-order chi connectivity index (χ1) is 11.7. The van der Waals surface area contributed by atoms with Gasteiger partial charge in [0.05, 0.1) is 10.9 Å². The van der Waals surface area contributed by atoms with Gasteiger partial charge in [-0.2, -0.15) is 0 Å². The van der Waals surface area contributed by atoms with Crippen LogP contribution in [0.25, 0.3) is 11.1 Å². The molecule has 0 spiro atoms. The molecule has 25 heavy (non-hydrogen) atoms. The van der Waals surface area contributed by atoms with Gasteiger partial charge in [-0.15, -0.1) is 0 Å². The molecule has 0 aliphatic rings. The Morgan fingerprint density at radius 2 is 1.96 bits per heavy atom. The summed E-state index contributed by atoms with van der Waals surface area (Å²) in [4.78, 5) is 10.8. The Kier molecular flexibility index (Phi) is 6.19. The summed E-state index contributed by atoms with van der Waals surface area (Å²) in [6.45, 7) is 5.93. The zero-order valence-corrected chi connectivity index (χ0v) is 15.9. The molecule has 0 amide bonds. The highest BCUT2D eigenvalue weighted by Gasteiger charge is 2.19. The van der Waals surface area contributed by atoms with Crippen LogP contribution in [0.4, 0.5) is 10.1 Å². The third-order valence-electron chi connectivity index (χ3n) is 3.94. The number of carboxylic acid groups (broad SMARTS) is 1. The third-order valence-corrected chi connectivity index (χ3v) is 4.55. The molecule has 0 heterocycles. The van der Waals surface area contributed by atoms with Gasteiger partial charge in [0.1, 0.15) is 12.0 Å². The van der Waals surface area contributed by atoms with Crippen LogP contribution in [0.15, 0.2) is 34.8 Å². The Bertz CT molecular complexity index is 792. The average molecular weight is 410 g/mol. The van der Waals surface area contributed by atoms with Gasteiger partial charge >= 0.3 is 5.97 Å². The van der Waals surface area contributed by atoms with Crippen LogP contribution in [0, 0.1) is 12.7 Å². The maximum Gasteiger partial charge on any atom is 0.307 e. The molecule has 0 aliphatic carbocycles. The number of carboxylic acids is 1. The van der Waals surface area contributed by atoms with Crippen molar-refractivity contribution < 1.29 is 19.4 Å². The van der Waals surface area contributed by atoms with Crippen LogP contribution in [0.5, 0.6) is 0 Å². The minimum absolute atomic E-state index is 0.109. The SMILES string of the molecule is Cc1ccc(-c2ccc(F)c(Br)c2)c(C(C)C)c1NC(O)CC(=O)O. The number of rotatable bonds is 6. The van der Waals surface area contributed by atoms with Crippen molar-refractivity contribution in [1.29, 1.82) is 0 Å². The van der Waals surface area contributed by atoms with E-state index in [1.165, 1.54) is 6.07 Å². The largest absolute Gasteiger partial charge is 0.481 e. The Morgan fingerprint density at radius 3 is 2.52 bits per heavy atom. The van der Waals surface area contributed by atoms with Crippen molar-refractivity contribution in [1.82, 2.24) is 0 Å². The summed E-state index contributed by atoms with van der Waals surface area (Å²) < 4.78 is 13.9. The summed E-state index contributed by atoms with van der Waals surface area (Å²) in [5.74, 6) is -1.31. The average Bonchev–Trinajstić information content (AvgIpc) is 2.50. The number of hydrogen-bond donors (Lipinski definition) is 3. The van der Waals surface area contributed by atoms with Crippen molar-refractivity contribution in [3.8, 4) is 11.1 Å². The molecule has 2 aromatic rings. The van der Waals surface area contributed by atoms with Gasteiger partial charge < -0.3 is 15.5 Å². The Hall–Kier alpha value is -1.92. The summed E-state index contributed by atoms with van der Waals surface area (Å²) in [5.41, 5.74) is 4.31. The summed E-state index contributed by atoms with van der Waals surface area (Å²) >= 11 is 3.21. The maximum atomic E-state index is 13.6. The number of halogens is 2. The first-order valence-electron chi connectivity index (χ1n) is 7.96. The van der Waals surface area contributed by atoms with Crippen LogP contribution in [-0.2, 0) is 4.79 Å². The topological polar surface area (TPSA) is 69.6 Å². The van der Waals surface area contributed by atoms with Crippen LogP contribution in [0.2, 0.25) is 0 Å². The zero-order chi connectivity index (χ0) is 18.7. The quantitative estimate of drug-likeness (QED) is 0.593. The number of carbonyl (C=O) groups is 1. The fourth-order valence-electron chi connectivity index (χ4n) is 2.82. The number of hydrogen-bond acceptors (Lipinski definition) is 3. The van der Waals surface area contributed by atoms with Gasteiger partial charge in [-0.05, 0) is 63.2 Å². The van der Waals surface area contributed by atoms with E-state index in [-0.39, 0.29) is 11.7 Å². The van der Waals surface area contributed by atoms with Crippen molar-refractivity contribution >= 4 is 27.6 Å². The third kappa shape index (κ3) is 4.58. The molecule has 1 atom stereocenters. The van der Waals surface area contributed by atoms with Crippen LogP contribution in [0.3, 0.4) is 0 Å². The molecule has 0 saturated carbocycles. The highest BCUT2D eigenvalue weighted by Crippen LogP contribution is 2.38. The lowest BCUT2D eigenvalue weighted by molar-refractivity contribution is -0.138. The molecule has 134 valence electrons. The predicted octanol–water partition coefficient (Wildman–Crippen LogP) is 4.89. The van der Waals surface area contributed by atoms with Gasteiger partial charge in [-0.3, -0.25) is 4.79 Å². The molecule has 0 saturated heterocycles. The lowest BCUT2D eigenvalue weighted by atomic mass is 9.89. The number of benzene rings is 2. The maximum absolute atomic E-state index is 13.6. The number of aliphatic hydroxyl groups is 1. The van der Waals surface area contributed by atoms with Crippen LogP contribution < -0.4 is 5.32 Å². The monoisotopic (exact) mass is 409 g/mol. The van der Waals surface area contributed by atoms with Crippen molar-refractivity contribution in [2.24, 2.45) is 0 Å². The van der Waals surface area contributed by atoms with Crippen molar-refractivity contribution in [2.45, 2.75) is 39.3 Å². The van der Waals surface area contributed by atoms with E-state index < -0.39 is 18.6 Å².